The van der Waals surface area contributed by atoms with Gasteiger partial charge in [0.25, 0.3) is 0 Å². The summed E-state index contributed by atoms with van der Waals surface area (Å²) in [5, 5.41) is 9.08. The van der Waals surface area contributed by atoms with Gasteiger partial charge >= 0.3 is 0 Å². The average Bonchev–Trinajstić information content (AvgIpc) is 3.29. The van der Waals surface area contributed by atoms with Crippen LogP contribution < -0.4 is 0 Å². The first-order valence-corrected chi connectivity index (χ1v) is 7.99. The third-order valence-electron chi connectivity index (χ3n) is 4.16. The minimum Gasteiger partial charge on any atom is -0.326 e. The van der Waals surface area contributed by atoms with Crippen LogP contribution in [0.15, 0.2) is 18.2 Å². The Morgan fingerprint density at radius 1 is 1.48 bits per heavy atom. The topological polar surface area (TPSA) is 44.9 Å². The Hall–Kier alpha value is -1.57. The molecule has 0 saturated heterocycles. The van der Waals surface area contributed by atoms with E-state index in [-0.39, 0.29) is 0 Å². The first-order chi connectivity index (χ1) is 10.3. The van der Waals surface area contributed by atoms with E-state index in [1.807, 2.05) is 12.1 Å². The van der Waals surface area contributed by atoms with Crippen LogP contribution >= 0.6 is 11.6 Å². The Balaban J connectivity index is 1.89. The molecule has 0 spiro atoms. The second kappa shape index (κ2) is 6.05. The van der Waals surface area contributed by atoms with Crippen LogP contribution in [0, 0.1) is 11.3 Å². The molecule has 0 unspecified atom stereocenters. The monoisotopic (exact) mass is 302 g/mol. The molecule has 3 rings (SSSR count). The van der Waals surface area contributed by atoms with E-state index in [2.05, 4.69) is 27.4 Å². The highest BCUT2D eigenvalue weighted by molar-refractivity contribution is 6.16. The van der Waals surface area contributed by atoms with Gasteiger partial charge in [0.2, 0.25) is 0 Å². The van der Waals surface area contributed by atoms with E-state index in [4.69, 9.17) is 16.9 Å². The van der Waals surface area contributed by atoms with Crippen LogP contribution in [-0.4, -0.2) is 33.6 Å². The Morgan fingerprint density at radius 2 is 2.29 bits per heavy atom. The molecule has 1 aliphatic carbocycles. The van der Waals surface area contributed by atoms with E-state index >= 15 is 0 Å². The van der Waals surface area contributed by atoms with Crippen LogP contribution in [0.2, 0.25) is 0 Å². The minimum absolute atomic E-state index is 0.395. The summed E-state index contributed by atoms with van der Waals surface area (Å²) in [6.45, 7) is 5.17. The number of alkyl halides is 1. The smallest absolute Gasteiger partial charge is 0.124 e. The summed E-state index contributed by atoms with van der Waals surface area (Å²) in [5.74, 6) is 1.28. The highest BCUT2D eigenvalue weighted by Crippen LogP contribution is 2.27. The van der Waals surface area contributed by atoms with Crippen molar-refractivity contribution in [1.29, 1.82) is 5.26 Å². The van der Waals surface area contributed by atoms with Crippen molar-refractivity contribution in [1.82, 2.24) is 14.5 Å². The normalized spacial score (nSPS) is 14.8. The van der Waals surface area contributed by atoms with Crippen molar-refractivity contribution in [2.24, 2.45) is 0 Å². The molecule has 0 N–H and O–H groups in total. The molecule has 1 aromatic heterocycles. The zero-order valence-corrected chi connectivity index (χ0v) is 13.0. The molecule has 4 nitrogen and oxygen atoms in total. The van der Waals surface area contributed by atoms with E-state index in [1.165, 1.54) is 12.8 Å². The van der Waals surface area contributed by atoms with Crippen LogP contribution in [0.4, 0.5) is 0 Å². The van der Waals surface area contributed by atoms with Crippen molar-refractivity contribution < 1.29 is 0 Å². The number of imidazole rings is 1. The molecule has 0 amide bonds. The standard InChI is InChI=1S/C16H19ClN4/c1-2-20(13-4-5-13)7-8-21-15-9-12(11-18)3-6-14(15)19-16(21)10-17/h3,6,9,13H,2,4-5,7-8,10H2,1H3. The number of benzene rings is 1. The van der Waals surface area contributed by atoms with E-state index in [9.17, 15) is 0 Å². The third kappa shape index (κ3) is 2.90. The fraction of sp³-hybridized carbons (Fsp3) is 0.500. The summed E-state index contributed by atoms with van der Waals surface area (Å²) in [5.41, 5.74) is 2.59. The number of rotatable bonds is 6. The number of nitrogens with zero attached hydrogens (tertiary/aromatic N) is 4. The predicted molar refractivity (Wildman–Crippen MR) is 84.3 cm³/mol. The first-order valence-electron chi connectivity index (χ1n) is 7.46. The molecule has 21 heavy (non-hydrogen) atoms. The lowest BCUT2D eigenvalue weighted by Crippen LogP contribution is -2.29. The maximum Gasteiger partial charge on any atom is 0.124 e. The lowest BCUT2D eigenvalue weighted by Gasteiger charge is -2.20. The predicted octanol–water partition coefficient (Wildman–Crippen LogP) is 3.13. The summed E-state index contributed by atoms with van der Waals surface area (Å²) in [6, 6.07) is 8.57. The highest BCUT2D eigenvalue weighted by Gasteiger charge is 2.27. The van der Waals surface area contributed by atoms with Crippen LogP contribution in [0.3, 0.4) is 0 Å². The first kappa shape index (κ1) is 14.4. The summed E-state index contributed by atoms with van der Waals surface area (Å²) in [7, 11) is 0. The molecule has 0 bridgehead atoms. The van der Waals surface area contributed by atoms with Crippen molar-refractivity contribution in [3.8, 4) is 6.07 Å². The van der Waals surface area contributed by atoms with Gasteiger partial charge in [0.05, 0.1) is 28.5 Å². The molecule has 0 radical (unpaired) electrons. The quantitative estimate of drug-likeness (QED) is 0.770. The number of halogens is 1. The van der Waals surface area contributed by atoms with E-state index in [0.717, 1.165) is 42.5 Å². The second-order valence-corrected chi connectivity index (χ2v) is 5.76. The summed E-state index contributed by atoms with van der Waals surface area (Å²) < 4.78 is 2.16. The Bertz CT molecular complexity index is 681. The minimum atomic E-state index is 0.395. The number of hydrogen-bond donors (Lipinski definition) is 0. The van der Waals surface area contributed by atoms with Crippen LogP contribution in [0.1, 0.15) is 31.2 Å². The second-order valence-electron chi connectivity index (χ2n) is 5.49. The van der Waals surface area contributed by atoms with Crippen LogP contribution in [0.5, 0.6) is 0 Å². The van der Waals surface area contributed by atoms with Crippen molar-refractivity contribution >= 4 is 22.6 Å². The maximum atomic E-state index is 9.08. The molecule has 1 fully saturated rings. The number of likely N-dealkylation sites (N-methyl/N-ethyl adjacent to an activating group) is 1. The molecule has 110 valence electrons. The van der Waals surface area contributed by atoms with E-state index in [0.29, 0.717) is 11.4 Å². The van der Waals surface area contributed by atoms with Gasteiger partial charge in [0, 0.05) is 19.1 Å². The zero-order chi connectivity index (χ0) is 14.8. The van der Waals surface area contributed by atoms with Gasteiger partial charge in [-0.15, -0.1) is 11.6 Å². The third-order valence-corrected chi connectivity index (χ3v) is 4.40. The molecule has 1 heterocycles. The molecular weight excluding hydrogens is 284 g/mol. The van der Waals surface area contributed by atoms with Gasteiger partial charge in [0.15, 0.2) is 0 Å². The lowest BCUT2D eigenvalue weighted by atomic mass is 10.2. The number of fused-ring (bicyclic) bond motifs is 1. The summed E-state index contributed by atoms with van der Waals surface area (Å²) in [4.78, 5) is 7.09. The number of hydrogen-bond acceptors (Lipinski definition) is 3. The zero-order valence-electron chi connectivity index (χ0n) is 12.2. The van der Waals surface area contributed by atoms with Crippen molar-refractivity contribution in [2.45, 2.75) is 38.2 Å². The molecule has 0 aliphatic heterocycles. The molecule has 2 aromatic rings. The van der Waals surface area contributed by atoms with Gasteiger partial charge in [-0.05, 0) is 37.6 Å². The molecule has 0 atom stereocenters. The fourth-order valence-electron chi connectivity index (χ4n) is 2.86. The Kier molecular flexibility index (Phi) is 4.14. The molecule has 5 heteroatoms. The lowest BCUT2D eigenvalue weighted by molar-refractivity contribution is 0.266. The van der Waals surface area contributed by atoms with Gasteiger partial charge < -0.3 is 4.57 Å². The fourth-order valence-corrected chi connectivity index (χ4v) is 3.06. The van der Waals surface area contributed by atoms with E-state index in [1.54, 1.807) is 6.07 Å². The largest absolute Gasteiger partial charge is 0.326 e. The van der Waals surface area contributed by atoms with Gasteiger partial charge in [-0.3, -0.25) is 4.90 Å². The maximum absolute atomic E-state index is 9.08. The SMILES string of the molecule is CCN(CCn1c(CCl)nc2ccc(C#N)cc21)C1CC1. The van der Waals surface area contributed by atoms with Gasteiger partial charge in [-0.2, -0.15) is 5.26 Å². The highest BCUT2D eigenvalue weighted by atomic mass is 35.5. The van der Waals surface area contributed by atoms with Crippen LogP contribution in [-0.2, 0) is 12.4 Å². The number of nitriles is 1. The molecule has 1 saturated carbocycles. The van der Waals surface area contributed by atoms with Crippen molar-refractivity contribution in [3.63, 3.8) is 0 Å². The average molecular weight is 303 g/mol. The molecule has 1 aromatic carbocycles. The van der Waals surface area contributed by atoms with Gasteiger partial charge in [0.1, 0.15) is 5.82 Å². The molecule has 1 aliphatic rings. The van der Waals surface area contributed by atoms with Crippen molar-refractivity contribution in [3.05, 3.63) is 29.6 Å². The Morgan fingerprint density at radius 3 is 2.90 bits per heavy atom. The van der Waals surface area contributed by atoms with Crippen LogP contribution in [0.25, 0.3) is 11.0 Å². The Labute approximate surface area is 129 Å². The summed E-state index contributed by atoms with van der Waals surface area (Å²) >= 11 is 6.04. The van der Waals surface area contributed by atoms with Crippen molar-refractivity contribution in [2.75, 3.05) is 13.1 Å². The number of aromatic nitrogens is 2. The molecular formula is C16H19ClN4. The van der Waals surface area contributed by atoms with Gasteiger partial charge in [-0.25, -0.2) is 4.98 Å². The van der Waals surface area contributed by atoms with Gasteiger partial charge in [-0.1, -0.05) is 6.92 Å². The van der Waals surface area contributed by atoms with E-state index < -0.39 is 0 Å². The summed E-state index contributed by atoms with van der Waals surface area (Å²) in [6.07, 6.45) is 2.64.